The number of para-hydroxylation sites is 1. The van der Waals surface area contributed by atoms with Crippen LogP contribution in [0.15, 0.2) is 45.6 Å². The monoisotopic (exact) mass is 399 g/mol. The van der Waals surface area contributed by atoms with E-state index < -0.39 is 4.92 Å². The summed E-state index contributed by atoms with van der Waals surface area (Å²) in [5, 5.41) is 20.8. The van der Waals surface area contributed by atoms with Crippen LogP contribution in [-0.4, -0.2) is 24.1 Å². The number of rotatable bonds is 6. The third-order valence-corrected chi connectivity index (χ3v) is 5.62. The molecule has 136 valence electrons. The molecule has 0 saturated heterocycles. The van der Waals surface area contributed by atoms with Crippen molar-refractivity contribution in [3.63, 3.8) is 0 Å². The molecule has 0 aliphatic carbocycles. The van der Waals surface area contributed by atoms with Crippen LogP contribution in [0.2, 0.25) is 0 Å². The Morgan fingerprint density at radius 1 is 1.30 bits per heavy atom. The topological polar surface area (TPSA) is 98.3 Å². The Balaban J connectivity index is 2.00. The third kappa shape index (κ3) is 4.02. The number of aromatic nitrogens is 1. The highest BCUT2D eigenvalue weighted by atomic mass is 32.2. The molecular formula is C18H13N3O4S2. The van der Waals surface area contributed by atoms with Crippen LogP contribution >= 0.6 is 23.1 Å². The quantitative estimate of drug-likeness (QED) is 0.252. The van der Waals surface area contributed by atoms with Gasteiger partial charge in [-0.3, -0.25) is 10.1 Å². The zero-order chi connectivity index (χ0) is 19.4. The molecule has 0 aliphatic rings. The Kier molecular flexibility index (Phi) is 5.59. The molecule has 2 aromatic carbocycles. The van der Waals surface area contributed by atoms with Crippen molar-refractivity contribution in [3.8, 4) is 17.6 Å². The number of hydrogen-bond acceptors (Lipinski definition) is 8. The summed E-state index contributed by atoms with van der Waals surface area (Å²) in [5.74, 6) is 0.460. The zero-order valence-corrected chi connectivity index (χ0v) is 16.0. The molecule has 0 N–H and O–H groups in total. The lowest BCUT2D eigenvalue weighted by atomic mass is 10.1. The van der Waals surface area contributed by atoms with Crippen molar-refractivity contribution in [2.75, 3.05) is 14.2 Å². The van der Waals surface area contributed by atoms with Gasteiger partial charge in [-0.1, -0.05) is 12.1 Å². The first kappa shape index (κ1) is 18.7. The molecule has 27 heavy (non-hydrogen) atoms. The van der Waals surface area contributed by atoms with Gasteiger partial charge in [-0.2, -0.15) is 5.26 Å². The Morgan fingerprint density at radius 3 is 2.67 bits per heavy atom. The molecule has 0 atom stereocenters. The minimum atomic E-state index is -0.539. The molecule has 0 radical (unpaired) electrons. The van der Waals surface area contributed by atoms with Gasteiger partial charge >= 0.3 is 5.69 Å². The van der Waals surface area contributed by atoms with Gasteiger partial charge in [-0.15, -0.1) is 11.3 Å². The van der Waals surface area contributed by atoms with Crippen molar-refractivity contribution in [1.82, 2.24) is 4.98 Å². The summed E-state index contributed by atoms with van der Waals surface area (Å²) in [6.07, 6.45) is 1.54. The van der Waals surface area contributed by atoms with Gasteiger partial charge in [0.15, 0.2) is 4.34 Å². The first-order valence-electron chi connectivity index (χ1n) is 7.61. The highest BCUT2D eigenvalue weighted by Gasteiger charge is 2.19. The summed E-state index contributed by atoms with van der Waals surface area (Å²) in [6.45, 7) is 0. The standard InChI is InChI=1S/C18H13N3O4S2/c1-24-15-9-16(25-2)14(21(22)23)8-11(15)7-12(10-19)26-18-20-13-5-3-4-6-17(13)27-18/h3-9H,1-2H3. The fourth-order valence-electron chi connectivity index (χ4n) is 2.38. The van der Waals surface area contributed by atoms with Crippen molar-refractivity contribution in [1.29, 1.82) is 5.26 Å². The predicted octanol–water partition coefficient (Wildman–Crippen LogP) is 4.88. The lowest BCUT2D eigenvalue weighted by molar-refractivity contribution is -0.385. The number of nitriles is 1. The van der Waals surface area contributed by atoms with Gasteiger partial charge in [0.05, 0.1) is 34.3 Å². The van der Waals surface area contributed by atoms with Crippen LogP contribution in [0, 0.1) is 21.4 Å². The van der Waals surface area contributed by atoms with Crippen LogP contribution in [0.4, 0.5) is 5.69 Å². The average molecular weight is 399 g/mol. The molecule has 0 aliphatic heterocycles. The van der Waals surface area contributed by atoms with Gasteiger partial charge in [0, 0.05) is 17.7 Å². The van der Waals surface area contributed by atoms with Crippen LogP contribution in [-0.2, 0) is 0 Å². The van der Waals surface area contributed by atoms with Crippen LogP contribution in [0.1, 0.15) is 5.56 Å². The summed E-state index contributed by atoms with van der Waals surface area (Å²) in [4.78, 5) is 15.6. The van der Waals surface area contributed by atoms with E-state index in [1.807, 2.05) is 24.3 Å². The Labute approximate surface area is 163 Å². The molecule has 9 heteroatoms. The molecule has 3 aromatic rings. The molecular weight excluding hydrogens is 386 g/mol. The molecule has 1 heterocycles. The fraction of sp³-hybridized carbons (Fsp3) is 0.111. The molecule has 0 saturated carbocycles. The van der Waals surface area contributed by atoms with Crippen molar-refractivity contribution in [2.24, 2.45) is 0 Å². The normalized spacial score (nSPS) is 11.2. The molecule has 0 bridgehead atoms. The maximum Gasteiger partial charge on any atom is 0.311 e. The van der Waals surface area contributed by atoms with Crippen LogP contribution < -0.4 is 9.47 Å². The second-order valence-electron chi connectivity index (χ2n) is 5.19. The van der Waals surface area contributed by atoms with E-state index >= 15 is 0 Å². The van der Waals surface area contributed by atoms with E-state index in [-0.39, 0.29) is 11.4 Å². The van der Waals surface area contributed by atoms with Crippen molar-refractivity contribution < 1.29 is 14.4 Å². The first-order valence-corrected chi connectivity index (χ1v) is 9.24. The van der Waals surface area contributed by atoms with Crippen molar-refractivity contribution in [2.45, 2.75) is 4.34 Å². The Hall–Kier alpha value is -3.09. The average Bonchev–Trinajstić information content (AvgIpc) is 3.09. The fourth-order valence-corrected chi connectivity index (χ4v) is 4.34. The predicted molar refractivity (Wildman–Crippen MR) is 105 cm³/mol. The number of ether oxygens (including phenoxy) is 2. The summed E-state index contributed by atoms with van der Waals surface area (Å²) in [6, 6.07) is 12.6. The summed E-state index contributed by atoms with van der Waals surface area (Å²) >= 11 is 2.68. The molecule has 0 fully saturated rings. The molecule has 0 spiro atoms. The lowest BCUT2D eigenvalue weighted by Gasteiger charge is -2.08. The largest absolute Gasteiger partial charge is 0.496 e. The molecule has 3 rings (SSSR count). The van der Waals surface area contributed by atoms with E-state index in [2.05, 4.69) is 11.1 Å². The first-order chi connectivity index (χ1) is 13.0. The van der Waals surface area contributed by atoms with Crippen molar-refractivity contribution in [3.05, 3.63) is 57.0 Å². The number of allylic oxidation sites excluding steroid dienone is 1. The highest BCUT2D eigenvalue weighted by Crippen LogP contribution is 2.38. The maximum atomic E-state index is 11.3. The van der Waals surface area contributed by atoms with Gasteiger partial charge in [0.1, 0.15) is 11.8 Å². The van der Waals surface area contributed by atoms with E-state index in [0.717, 1.165) is 10.2 Å². The van der Waals surface area contributed by atoms with E-state index in [4.69, 9.17) is 9.47 Å². The number of benzene rings is 2. The molecule has 0 unspecified atom stereocenters. The number of nitro groups is 1. The number of nitro benzene ring substituents is 1. The van der Waals surface area contributed by atoms with E-state index in [1.54, 1.807) is 6.08 Å². The highest BCUT2D eigenvalue weighted by molar-refractivity contribution is 8.05. The van der Waals surface area contributed by atoms with E-state index in [0.29, 0.717) is 20.6 Å². The molecule has 0 amide bonds. The number of thioether (sulfide) groups is 1. The summed E-state index contributed by atoms with van der Waals surface area (Å²) in [7, 11) is 2.80. The molecule has 1 aromatic heterocycles. The SMILES string of the molecule is COc1cc(OC)c([N+](=O)[O-])cc1C=C(C#N)Sc1nc2ccccc2s1. The number of hydrogen-bond donors (Lipinski definition) is 0. The Bertz CT molecular complexity index is 1050. The van der Waals surface area contributed by atoms with Gasteiger partial charge in [0.2, 0.25) is 5.75 Å². The number of nitrogens with zero attached hydrogens (tertiary/aromatic N) is 3. The number of methoxy groups -OCH3 is 2. The number of thiazole rings is 1. The van der Waals surface area contributed by atoms with Crippen LogP contribution in [0.25, 0.3) is 16.3 Å². The minimum Gasteiger partial charge on any atom is -0.496 e. The van der Waals surface area contributed by atoms with E-state index in [1.165, 1.54) is 49.5 Å². The zero-order valence-electron chi connectivity index (χ0n) is 14.3. The Morgan fingerprint density at radius 2 is 2.04 bits per heavy atom. The molecule has 7 nitrogen and oxygen atoms in total. The summed E-state index contributed by atoms with van der Waals surface area (Å²) in [5.41, 5.74) is 1.07. The van der Waals surface area contributed by atoms with Gasteiger partial charge in [-0.25, -0.2) is 4.98 Å². The maximum absolute atomic E-state index is 11.3. The second kappa shape index (κ2) is 8.07. The smallest absolute Gasteiger partial charge is 0.311 e. The van der Waals surface area contributed by atoms with E-state index in [9.17, 15) is 15.4 Å². The lowest BCUT2D eigenvalue weighted by Crippen LogP contribution is -1.97. The second-order valence-corrected chi connectivity index (χ2v) is 7.51. The minimum absolute atomic E-state index is 0.0892. The third-order valence-electron chi connectivity index (χ3n) is 3.60. The van der Waals surface area contributed by atoms with Crippen LogP contribution in [0.5, 0.6) is 11.5 Å². The number of fused-ring (bicyclic) bond motifs is 1. The van der Waals surface area contributed by atoms with Gasteiger partial charge < -0.3 is 9.47 Å². The van der Waals surface area contributed by atoms with Gasteiger partial charge in [0.25, 0.3) is 0 Å². The van der Waals surface area contributed by atoms with Gasteiger partial charge in [-0.05, 0) is 30.0 Å². The van der Waals surface area contributed by atoms with Crippen molar-refractivity contribution >= 4 is 45.1 Å². The summed E-state index contributed by atoms with van der Waals surface area (Å²) < 4.78 is 12.1. The van der Waals surface area contributed by atoms with Crippen LogP contribution in [0.3, 0.4) is 0 Å².